The highest BCUT2D eigenvalue weighted by molar-refractivity contribution is 9.09. The van der Waals surface area contributed by atoms with E-state index >= 15 is 0 Å². The van der Waals surface area contributed by atoms with E-state index in [0.717, 1.165) is 6.07 Å². The monoisotopic (exact) mass is 802 g/mol. The highest BCUT2D eigenvalue weighted by Gasteiger charge is 2.19. The number of hydrogen-bond acceptors (Lipinski definition) is 12. The highest BCUT2D eigenvalue weighted by Crippen LogP contribution is 2.23. The van der Waals surface area contributed by atoms with Crippen LogP contribution < -0.4 is 20.6 Å². The minimum atomic E-state index is -2.89. The molecule has 0 spiro atoms. The molecule has 0 bridgehead atoms. The number of hydrogen-bond donors (Lipinski definition) is 1. The van der Waals surface area contributed by atoms with Crippen molar-refractivity contribution < 1.29 is 45.5 Å². The van der Waals surface area contributed by atoms with Crippen LogP contribution in [0.15, 0.2) is 104 Å². The zero-order valence-corrected chi connectivity index (χ0v) is 29.1. The molecule has 14 nitrogen and oxygen atoms in total. The summed E-state index contributed by atoms with van der Waals surface area (Å²) in [6.07, 6.45) is -2.98. The average molecular weight is 804 g/mol. The minimum Gasteiger partial charge on any atom is -0.497 e. The Labute approximate surface area is 304 Å². The van der Waals surface area contributed by atoms with Crippen LogP contribution in [0, 0.1) is 0 Å². The lowest BCUT2D eigenvalue weighted by Gasteiger charge is -2.07. The number of nitrogens with zero attached hydrogens (tertiary/aromatic N) is 5. The molecule has 53 heavy (non-hydrogen) atoms. The van der Waals surface area contributed by atoms with Crippen LogP contribution in [0.4, 0.5) is 17.6 Å². The number of benzene rings is 2. The second-order valence-electron chi connectivity index (χ2n) is 10.3. The average Bonchev–Trinajstić information content (AvgIpc) is 3.88. The van der Waals surface area contributed by atoms with Crippen LogP contribution in [-0.2, 0) is 6.54 Å². The predicted octanol–water partition coefficient (Wildman–Crippen LogP) is 6.36. The van der Waals surface area contributed by atoms with Crippen LogP contribution >= 0.6 is 15.9 Å². The van der Waals surface area contributed by atoms with Crippen molar-refractivity contribution in [3.8, 4) is 34.4 Å². The molecule has 0 unspecified atom stereocenters. The fourth-order valence-corrected chi connectivity index (χ4v) is 4.47. The normalized spacial score (nSPS) is 10.6. The summed E-state index contributed by atoms with van der Waals surface area (Å²) >= 11 is 3.11. The Morgan fingerprint density at radius 2 is 1.28 bits per heavy atom. The molecular formula is C34H27BrF4N6O8. The van der Waals surface area contributed by atoms with E-state index in [4.69, 9.17) is 13.9 Å². The molecule has 276 valence electrons. The summed E-state index contributed by atoms with van der Waals surface area (Å²) < 4.78 is 69.9. The summed E-state index contributed by atoms with van der Waals surface area (Å²) in [6, 6.07) is 18.9. The van der Waals surface area contributed by atoms with Crippen molar-refractivity contribution in [2.75, 3.05) is 19.5 Å². The molecule has 0 saturated heterocycles. The Balaban J connectivity index is 0.000000196. The van der Waals surface area contributed by atoms with Gasteiger partial charge in [-0.05, 0) is 36.4 Å². The summed E-state index contributed by atoms with van der Waals surface area (Å²) in [4.78, 5) is 49.0. The quantitative estimate of drug-likeness (QED) is 0.0870. The maximum atomic E-state index is 12.5. The van der Waals surface area contributed by atoms with Gasteiger partial charge in [-0.2, -0.15) is 17.6 Å². The standard InChI is InChI=1S/C17H13F2N3O4.C9H9BrO2.C8H5F2N3O2/c1-25-12-4-2-3-10(7-12)13(23)9-22-6-5-11(8-14(22)24)16-20-21-17(26-16)15(18)19;1-12-8-4-2-3-7(5-8)9(11)6-10;9-6(10)8-13-12-7(15-8)4-1-2-11-5(14)3-4/h2-8,15H,9H2,1H3;2-5H,6H2,1H3;1-3,6H,(H,11,14). The van der Waals surface area contributed by atoms with E-state index in [1.54, 1.807) is 49.6 Å². The first kappa shape index (κ1) is 39.5. The molecule has 6 aromatic rings. The number of pyridine rings is 2. The minimum absolute atomic E-state index is 0.0638. The van der Waals surface area contributed by atoms with Gasteiger partial charge >= 0.3 is 12.9 Å². The van der Waals surface area contributed by atoms with Gasteiger partial charge in [-0.25, -0.2) is 0 Å². The zero-order chi connectivity index (χ0) is 38.5. The predicted molar refractivity (Wildman–Crippen MR) is 183 cm³/mol. The van der Waals surface area contributed by atoms with E-state index in [0.29, 0.717) is 33.5 Å². The SMILES string of the molecule is COc1cccc(C(=O)CBr)c1.COc1cccc(C(=O)Cn2ccc(-c3nnc(C(F)F)o3)cc2=O)c1.O=c1cc(-c2nnc(C(F)F)o2)cc[nH]1. The molecule has 0 aliphatic carbocycles. The van der Waals surface area contributed by atoms with Crippen molar-refractivity contribution in [2.24, 2.45) is 0 Å². The third-order valence-corrected chi connectivity index (χ3v) is 7.25. The molecule has 6 rings (SSSR count). The first-order valence-corrected chi connectivity index (χ1v) is 16.1. The molecule has 0 amide bonds. The van der Waals surface area contributed by atoms with Gasteiger partial charge in [0.1, 0.15) is 11.5 Å². The van der Waals surface area contributed by atoms with Crippen LogP contribution in [0.2, 0.25) is 0 Å². The second kappa shape index (κ2) is 18.8. The Hall–Kier alpha value is -6.24. The van der Waals surface area contributed by atoms with Crippen LogP contribution in [0.5, 0.6) is 11.5 Å². The number of nitrogens with one attached hydrogen (secondary N) is 1. The number of methoxy groups -OCH3 is 2. The van der Waals surface area contributed by atoms with Crippen molar-refractivity contribution in [1.29, 1.82) is 0 Å². The number of halogens is 5. The molecule has 0 atom stereocenters. The molecule has 19 heteroatoms. The molecule has 0 fully saturated rings. The maximum Gasteiger partial charge on any atom is 0.314 e. The van der Waals surface area contributed by atoms with Gasteiger partial charge in [-0.15, -0.1) is 20.4 Å². The molecular weight excluding hydrogens is 776 g/mol. The van der Waals surface area contributed by atoms with Crippen molar-refractivity contribution in [3.05, 3.63) is 129 Å². The van der Waals surface area contributed by atoms with Crippen molar-refractivity contribution in [3.63, 3.8) is 0 Å². The van der Waals surface area contributed by atoms with Gasteiger partial charge in [0.2, 0.25) is 17.3 Å². The molecule has 0 aliphatic rings. The third-order valence-electron chi connectivity index (χ3n) is 6.74. The lowest BCUT2D eigenvalue weighted by Crippen LogP contribution is -2.23. The van der Waals surface area contributed by atoms with Gasteiger partial charge in [-0.1, -0.05) is 40.2 Å². The van der Waals surface area contributed by atoms with E-state index in [1.165, 1.54) is 42.3 Å². The van der Waals surface area contributed by atoms with Crippen molar-refractivity contribution >= 4 is 27.5 Å². The lowest BCUT2D eigenvalue weighted by molar-refractivity contribution is 0.0969. The molecule has 0 saturated carbocycles. The molecule has 2 aromatic carbocycles. The van der Waals surface area contributed by atoms with Gasteiger partial charge in [-0.3, -0.25) is 19.2 Å². The summed E-state index contributed by atoms with van der Waals surface area (Å²) in [5, 5.41) is 13.6. The number of alkyl halides is 5. The van der Waals surface area contributed by atoms with Gasteiger partial charge in [0.25, 0.3) is 17.3 Å². The first-order valence-electron chi connectivity index (χ1n) is 15.0. The van der Waals surface area contributed by atoms with Crippen molar-refractivity contribution in [1.82, 2.24) is 29.9 Å². The van der Waals surface area contributed by atoms with E-state index in [9.17, 15) is 36.7 Å². The number of carbonyl (C=O) groups is 2. The first-order chi connectivity index (χ1) is 25.4. The molecule has 1 N–H and O–H groups in total. The second-order valence-corrected chi connectivity index (χ2v) is 10.8. The number of ether oxygens (including phenoxy) is 2. The summed E-state index contributed by atoms with van der Waals surface area (Å²) in [6.45, 7) is -0.182. The molecule has 4 heterocycles. The number of carbonyl (C=O) groups excluding carboxylic acids is 2. The Bertz CT molecular complexity index is 2270. The van der Waals surface area contributed by atoms with Gasteiger partial charge in [0.15, 0.2) is 11.6 Å². The Morgan fingerprint density at radius 1 is 0.755 bits per heavy atom. The zero-order valence-electron chi connectivity index (χ0n) is 27.5. The largest absolute Gasteiger partial charge is 0.497 e. The van der Waals surface area contributed by atoms with Gasteiger partial charge in [0, 0.05) is 46.8 Å². The smallest absolute Gasteiger partial charge is 0.314 e. The van der Waals surface area contributed by atoms with Crippen LogP contribution in [-0.4, -0.2) is 61.1 Å². The molecule has 0 aliphatic heterocycles. The van der Waals surface area contributed by atoms with Crippen LogP contribution in [0.1, 0.15) is 45.3 Å². The lowest BCUT2D eigenvalue weighted by atomic mass is 10.1. The Kier molecular flexibility index (Phi) is 14.1. The fourth-order valence-electron chi connectivity index (χ4n) is 4.14. The van der Waals surface area contributed by atoms with Crippen LogP contribution in [0.25, 0.3) is 22.9 Å². The van der Waals surface area contributed by atoms with E-state index in [1.807, 2.05) is 6.07 Å². The highest BCUT2D eigenvalue weighted by atomic mass is 79.9. The van der Waals surface area contributed by atoms with E-state index < -0.39 is 30.2 Å². The van der Waals surface area contributed by atoms with Gasteiger partial charge in [0.05, 0.1) is 26.1 Å². The number of Topliss-reactive ketones (excluding diaryl/α,β-unsaturated/α-hetero) is 2. The number of rotatable bonds is 11. The summed E-state index contributed by atoms with van der Waals surface area (Å²) in [7, 11) is 3.07. The topological polar surface area (TPSA) is 185 Å². The number of ketones is 2. The number of aromatic amines is 1. The number of H-pyrrole nitrogens is 1. The van der Waals surface area contributed by atoms with Crippen LogP contribution in [0.3, 0.4) is 0 Å². The Morgan fingerprint density at radius 3 is 1.74 bits per heavy atom. The summed E-state index contributed by atoms with van der Waals surface area (Å²) in [5.41, 5.74) is 0.697. The number of aromatic nitrogens is 6. The van der Waals surface area contributed by atoms with Crippen molar-refractivity contribution in [2.45, 2.75) is 19.4 Å². The van der Waals surface area contributed by atoms with Gasteiger partial charge < -0.3 is 27.9 Å². The van der Waals surface area contributed by atoms with E-state index in [-0.39, 0.29) is 41.0 Å². The molecule has 4 aromatic heterocycles. The summed E-state index contributed by atoms with van der Waals surface area (Å²) in [5.74, 6) is -0.847. The fraction of sp³-hybridized carbons (Fsp3) is 0.176. The third kappa shape index (κ3) is 11.1. The van der Waals surface area contributed by atoms with E-state index in [2.05, 4.69) is 45.7 Å². The molecule has 0 radical (unpaired) electrons. The maximum absolute atomic E-state index is 12.5.